The van der Waals surface area contributed by atoms with Crippen LogP contribution in [0.25, 0.3) is 22.1 Å². The molecular weight excluding hydrogens is 306 g/mol. The number of H-pyrrole nitrogens is 1. The number of nitrogens with one attached hydrogen (secondary N) is 2. The molecule has 0 spiro atoms. The molecule has 7 heteroatoms. The zero-order chi connectivity index (χ0) is 16.7. The third-order valence-electron chi connectivity index (χ3n) is 3.85. The zero-order valence-corrected chi connectivity index (χ0v) is 13.3. The van der Waals surface area contributed by atoms with Crippen molar-refractivity contribution in [1.29, 1.82) is 0 Å². The summed E-state index contributed by atoms with van der Waals surface area (Å²) >= 11 is 0. The number of aromatic amines is 1. The fraction of sp³-hybridized carbons (Fsp3) is 0.176. The van der Waals surface area contributed by atoms with Crippen molar-refractivity contribution < 1.29 is 9.21 Å². The summed E-state index contributed by atoms with van der Waals surface area (Å²) in [7, 11) is 0. The maximum atomic E-state index is 12.5. The predicted molar refractivity (Wildman–Crippen MR) is 90.0 cm³/mol. The van der Waals surface area contributed by atoms with E-state index in [9.17, 15) is 4.79 Å². The van der Waals surface area contributed by atoms with Crippen LogP contribution in [-0.2, 0) is 6.42 Å². The highest BCUT2D eigenvalue weighted by molar-refractivity contribution is 6.06. The predicted octanol–water partition coefficient (Wildman–Crippen LogP) is 3.22. The van der Waals surface area contributed by atoms with Crippen molar-refractivity contribution in [2.24, 2.45) is 0 Å². The molecule has 24 heavy (non-hydrogen) atoms. The molecule has 0 bridgehead atoms. The van der Waals surface area contributed by atoms with E-state index in [1.165, 1.54) is 6.20 Å². The number of hydrogen-bond acceptors (Lipinski definition) is 5. The Bertz CT molecular complexity index is 1060. The molecule has 0 fully saturated rings. The highest BCUT2D eigenvalue weighted by atomic mass is 16.3. The molecule has 0 aliphatic heterocycles. The van der Waals surface area contributed by atoms with Gasteiger partial charge in [-0.15, -0.1) is 0 Å². The van der Waals surface area contributed by atoms with Crippen LogP contribution in [0.2, 0.25) is 0 Å². The molecule has 0 saturated carbocycles. The van der Waals surface area contributed by atoms with Crippen LogP contribution < -0.4 is 5.32 Å². The van der Waals surface area contributed by atoms with Crippen molar-refractivity contribution >= 4 is 33.7 Å². The number of nitrogens with zero attached hydrogens (tertiary/aromatic N) is 3. The van der Waals surface area contributed by atoms with E-state index in [2.05, 4.69) is 25.5 Å². The van der Waals surface area contributed by atoms with E-state index in [-0.39, 0.29) is 5.91 Å². The molecule has 0 radical (unpaired) electrons. The van der Waals surface area contributed by atoms with E-state index in [4.69, 9.17) is 4.42 Å². The van der Waals surface area contributed by atoms with Crippen molar-refractivity contribution in [2.45, 2.75) is 20.3 Å². The number of aryl methyl sites for hydroxylation is 2. The second kappa shape index (κ2) is 5.45. The first-order valence-corrected chi connectivity index (χ1v) is 7.65. The van der Waals surface area contributed by atoms with Gasteiger partial charge >= 0.3 is 0 Å². The first-order valence-electron chi connectivity index (χ1n) is 7.65. The highest BCUT2D eigenvalue weighted by Crippen LogP contribution is 2.21. The van der Waals surface area contributed by atoms with Gasteiger partial charge in [-0.1, -0.05) is 6.92 Å². The molecule has 2 N–H and O–H groups in total. The molecule has 1 amide bonds. The van der Waals surface area contributed by atoms with E-state index in [0.717, 1.165) is 23.0 Å². The number of rotatable bonds is 3. The number of aromatic nitrogens is 4. The molecule has 4 aromatic rings. The number of carbonyl (C=O) groups is 1. The molecule has 0 saturated heterocycles. The summed E-state index contributed by atoms with van der Waals surface area (Å²) in [5.74, 6) is 0.446. The third-order valence-corrected chi connectivity index (χ3v) is 3.85. The smallest absolute Gasteiger partial charge is 0.257 e. The number of pyridine rings is 1. The topological polar surface area (TPSA) is 96.7 Å². The normalized spacial score (nSPS) is 11.2. The Morgan fingerprint density at radius 1 is 1.33 bits per heavy atom. The number of anilines is 1. The fourth-order valence-corrected chi connectivity index (χ4v) is 2.55. The molecule has 0 unspecified atom stereocenters. The van der Waals surface area contributed by atoms with Crippen molar-refractivity contribution in [3.05, 3.63) is 47.6 Å². The van der Waals surface area contributed by atoms with Gasteiger partial charge < -0.3 is 9.73 Å². The van der Waals surface area contributed by atoms with Crippen LogP contribution in [0, 0.1) is 6.92 Å². The van der Waals surface area contributed by atoms with Gasteiger partial charge in [-0.25, -0.2) is 9.97 Å². The van der Waals surface area contributed by atoms with Crippen LogP contribution in [-0.4, -0.2) is 26.1 Å². The summed E-state index contributed by atoms with van der Waals surface area (Å²) in [6.07, 6.45) is 2.24. The number of fused-ring (bicyclic) bond motifs is 2. The average Bonchev–Trinajstić information content (AvgIpc) is 3.17. The molecule has 3 aromatic heterocycles. The third kappa shape index (κ3) is 2.40. The first-order chi connectivity index (χ1) is 11.6. The van der Waals surface area contributed by atoms with Crippen LogP contribution in [0.15, 0.2) is 34.9 Å². The SMILES string of the molecule is CCc1nc2cc(NC(=O)c3cnc4n[nH]c(C)c4c3)ccc2o1. The summed E-state index contributed by atoms with van der Waals surface area (Å²) in [6, 6.07) is 7.17. The summed E-state index contributed by atoms with van der Waals surface area (Å²) in [5.41, 5.74) is 4.04. The van der Waals surface area contributed by atoms with Crippen molar-refractivity contribution in [3.63, 3.8) is 0 Å². The molecule has 1 aromatic carbocycles. The number of carbonyl (C=O) groups excluding carboxylic acids is 1. The molecule has 0 aliphatic rings. The lowest BCUT2D eigenvalue weighted by molar-refractivity contribution is 0.102. The number of amides is 1. The minimum Gasteiger partial charge on any atom is -0.441 e. The average molecular weight is 321 g/mol. The number of hydrogen-bond donors (Lipinski definition) is 2. The Kier molecular flexibility index (Phi) is 3.26. The van der Waals surface area contributed by atoms with E-state index < -0.39 is 0 Å². The standard InChI is InChI=1S/C17H15N5O2/c1-3-15-20-13-7-11(4-5-14(13)24-15)19-17(23)10-6-12-9(2)21-22-16(12)18-8-10/h4-8H,3H2,1-2H3,(H,19,23)(H,18,21,22). The molecule has 0 atom stereocenters. The minimum absolute atomic E-state index is 0.233. The minimum atomic E-state index is -0.233. The van der Waals surface area contributed by atoms with Gasteiger partial charge in [0.25, 0.3) is 5.91 Å². The van der Waals surface area contributed by atoms with E-state index in [1.54, 1.807) is 24.3 Å². The Labute approximate surface area is 137 Å². The summed E-state index contributed by atoms with van der Waals surface area (Å²) < 4.78 is 5.57. The molecular formula is C17H15N5O2. The highest BCUT2D eigenvalue weighted by Gasteiger charge is 2.12. The number of benzene rings is 1. The summed E-state index contributed by atoms with van der Waals surface area (Å²) in [4.78, 5) is 21.0. The maximum Gasteiger partial charge on any atom is 0.257 e. The van der Waals surface area contributed by atoms with Gasteiger partial charge in [0, 0.05) is 29.4 Å². The van der Waals surface area contributed by atoms with Crippen LogP contribution >= 0.6 is 0 Å². The van der Waals surface area contributed by atoms with Crippen molar-refractivity contribution in [1.82, 2.24) is 20.2 Å². The number of oxazole rings is 1. The lowest BCUT2D eigenvalue weighted by atomic mass is 10.2. The van der Waals surface area contributed by atoms with Crippen LogP contribution in [0.4, 0.5) is 5.69 Å². The maximum absolute atomic E-state index is 12.5. The lowest BCUT2D eigenvalue weighted by Gasteiger charge is -2.05. The van der Waals surface area contributed by atoms with Crippen molar-refractivity contribution in [2.75, 3.05) is 5.32 Å². The Hall–Kier alpha value is -3.22. The van der Waals surface area contributed by atoms with Gasteiger partial charge in [0.05, 0.1) is 5.56 Å². The Morgan fingerprint density at radius 2 is 2.21 bits per heavy atom. The Morgan fingerprint density at radius 3 is 3.04 bits per heavy atom. The zero-order valence-electron chi connectivity index (χ0n) is 13.3. The quantitative estimate of drug-likeness (QED) is 0.604. The Balaban J connectivity index is 1.63. The van der Waals surface area contributed by atoms with Gasteiger partial charge in [-0.05, 0) is 31.2 Å². The molecule has 7 nitrogen and oxygen atoms in total. The lowest BCUT2D eigenvalue weighted by Crippen LogP contribution is -2.12. The van der Waals surface area contributed by atoms with Gasteiger partial charge in [0.1, 0.15) is 5.52 Å². The molecule has 3 heterocycles. The second-order valence-corrected chi connectivity index (χ2v) is 5.54. The van der Waals surface area contributed by atoms with Gasteiger partial charge in [-0.3, -0.25) is 9.89 Å². The largest absolute Gasteiger partial charge is 0.441 e. The monoisotopic (exact) mass is 321 g/mol. The summed E-state index contributed by atoms with van der Waals surface area (Å²) in [5, 5.41) is 10.6. The van der Waals surface area contributed by atoms with Crippen LogP contribution in [0.5, 0.6) is 0 Å². The van der Waals surface area contributed by atoms with Gasteiger partial charge in [0.2, 0.25) is 0 Å². The van der Waals surface area contributed by atoms with E-state index in [0.29, 0.717) is 28.4 Å². The van der Waals surface area contributed by atoms with Gasteiger partial charge in [-0.2, -0.15) is 5.10 Å². The molecule has 120 valence electrons. The van der Waals surface area contributed by atoms with E-state index >= 15 is 0 Å². The van der Waals surface area contributed by atoms with Crippen LogP contribution in [0.1, 0.15) is 28.9 Å². The summed E-state index contributed by atoms with van der Waals surface area (Å²) in [6.45, 7) is 3.87. The first kappa shape index (κ1) is 14.4. The second-order valence-electron chi connectivity index (χ2n) is 5.54. The molecule has 0 aliphatic carbocycles. The van der Waals surface area contributed by atoms with Crippen LogP contribution in [0.3, 0.4) is 0 Å². The molecule has 4 rings (SSSR count). The van der Waals surface area contributed by atoms with Crippen molar-refractivity contribution in [3.8, 4) is 0 Å². The fourth-order valence-electron chi connectivity index (χ4n) is 2.55. The van der Waals surface area contributed by atoms with E-state index in [1.807, 2.05) is 13.8 Å². The van der Waals surface area contributed by atoms with Gasteiger partial charge in [0.15, 0.2) is 17.1 Å².